The summed E-state index contributed by atoms with van der Waals surface area (Å²) in [6.07, 6.45) is 42.0. The van der Waals surface area contributed by atoms with Gasteiger partial charge in [0.2, 0.25) is 0 Å². The second kappa shape index (κ2) is 40.3. The van der Waals surface area contributed by atoms with Crippen molar-refractivity contribution in [2.75, 3.05) is 39.5 Å². The number of esters is 1. The molecule has 0 atom stereocenters. The molecule has 0 aliphatic heterocycles. The molecular weight excluding hydrogens is 594 g/mol. The summed E-state index contributed by atoms with van der Waals surface area (Å²) in [5.41, 5.74) is 0. The van der Waals surface area contributed by atoms with Gasteiger partial charge in [0.1, 0.15) is 6.10 Å². The summed E-state index contributed by atoms with van der Waals surface area (Å²) in [6.45, 7) is 11.7. The molecule has 0 saturated carbocycles. The van der Waals surface area contributed by atoms with E-state index in [9.17, 15) is 9.90 Å². The van der Waals surface area contributed by atoms with Crippen LogP contribution in [0.1, 0.15) is 201 Å². The fraction of sp³-hybridized carbons (Fsp3) is 0.884. The summed E-state index contributed by atoms with van der Waals surface area (Å²) < 4.78 is 11.8. The van der Waals surface area contributed by atoms with E-state index in [1.165, 1.54) is 103 Å². The van der Waals surface area contributed by atoms with Crippen LogP contribution < -0.4 is 0 Å². The second-order valence-electron chi connectivity index (χ2n) is 14.1. The smallest absolute Gasteiger partial charge is 0.306 e. The Labute approximate surface area is 300 Å². The van der Waals surface area contributed by atoms with Crippen LogP contribution in [0, 0.1) is 0 Å². The van der Waals surface area contributed by atoms with Gasteiger partial charge in [0.15, 0.2) is 0 Å². The van der Waals surface area contributed by atoms with Gasteiger partial charge >= 0.3 is 5.97 Å². The van der Waals surface area contributed by atoms with Crippen LogP contribution in [0.4, 0.5) is 0 Å². The van der Waals surface area contributed by atoms with Crippen molar-refractivity contribution in [1.29, 1.82) is 0 Å². The van der Waals surface area contributed by atoms with Crippen LogP contribution in [0.25, 0.3) is 0 Å². The van der Waals surface area contributed by atoms with Crippen molar-refractivity contribution in [3.8, 4) is 0 Å². The maximum Gasteiger partial charge on any atom is 0.306 e. The van der Waals surface area contributed by atoms with E-state index < -0.39 is 0 Å². The summed E-state index contributed by atoms with van der Waals surface area (Å²) in [5.74, 6) is -0.0204. The molecule has 5 nitrogen and oxygen atoms in total. The van der Waals surface area contributed by atoms with Crippen molar-refractivity contribution >= 4 is 5.97 Å². The second-order valence-corrected chi connectivity index (χ2v) is 14.1. The Morgan fingerprint density at radius 2 is 0.979 bits per heavy atom. The fourth-order valence-corrected chi connectivity index (χ4v) is 6.13. The van der Waals surface area contributed by atoms with Crippen LogP contribution in [0.3, 0.4) is 0 Å². The van der Waals surface area contributed by atoms with Gasteiger partial charge in [-0.3, -0.25) is 4.79 Å². The summed E-state index contributed by atoms with van der Waals surface area (Å²) in [4.78, 5) is 15.1. The number of aliphatic hydroxyl groups excluding tert-OH is 1. The molecule has 0 rings (SSSR count). The Kier molecular flexibility index (Phi) is 39.3. The van der Waals surface area contributed by atoms with Crippen LogP contribution >= 0.6 is 0 Å². The number of hydrogen-bond acceptors (Lipinski definition) is 5. The predicted octanol–water partition coefficient (Wildman–Crippen LogP) is 12.3. The lowest BCUT2D eigenvalue weighted by atomic mass is 10.1. The van der Waals surface area contributed by atoms with Gasteiger partial charge in [-0.15, -0.1) is 0 Å². The molecule has 0 aliphatic rings. The molecule has 0 bridgehead atoms. The minimum atomic E-state index is -0.0204. The van der Waals surface area contributed by atoms with E-state index in [2.05, 4.69) is 50.0 Å². The predicted molar refractivity (Wildman–Crippen MR) is 209 cm³/mol. The van der Waals surface area contributed by atoms with E-state index in [1.807, 2.05) is 0 Å². The molecule has 0 amide bonds. The largest absolute Gasteiger partial charge is 0.462 e. The number of carbonyl (C=O) groups excluding carboxylic acids is 1. The van der Waals surface area contributed by atoms with Gasteiger partial charge < -0.3 is 19.5 Å². The zero-order valence-corrected chi connectivity index (χ0v) is 32.5. The molecule has 0 aromatic rings. The van der Waals surface area contributed by atoms with Crippen molar-refractivity contribution in [2.24, 2.45) is 0 Å². The maximum atomic E-state index is 12.6. The van der Waals surface area contributed by atoms with Gasteiger partial charge in [0, 0.05) is 26.2 Å². The van der Waals surface area contributed by atoms with Gasteiger partial charge in [0.05, 0.1) is 6.61 Å². The summed E-state index contributed by atoms with van der Waals surface area (Å²) >= 11 is 0. The minimum Gasteiger partial charge on any atom is -0.462 e. The molecule has 0 aliphatic carbocycles. The molecule has 0 heterocycles. The first-order valence-electron chi connectivity index (χ1n) is 21.1. The third-order valence-corrected chi connectivity index (χ3v) is 9.32. The third-order valence-electron chi connectivity index (χ3n) is 9.32. The van der Waals surface area contributed by atoms with E-state index >= 15 is 0 Å². The van der Waals surface area contributed by atoms with Gasteiger partial charge in [-0.25, -0.2) is 0 Å². The van der Waals surface area contributed by atoms with Crippen molar-refractivity contribution in [1.82, 2.24) is 4.90 Å². The van der Waals surface area contributed by atoms with Gasteiger partial charge in [-0.2, -0.15) is 0 Å². The van der Waals surface area contributed by atoms with Crippen molar-refractivity contribution in [2.45, 2.75) is 207 Å². The topological polar surface area (TPSA) is 59.0 Å². The number of unbranched alkanes of at least 4 members (excludes halogenated alkanes) is 18. The number of aliphatic hydroxyl groups is 1. The number of nitrogens with zero attached hydrogens (tertiary/aromatic N) is 1. The summed E-state index contributed by atoms with van der Waals surface area (Å²) in [7, 11) is 0. The zero-order chi connectivity index (χ0) is 35.0. The zero-order valence-electron chi connectivity index (χ0n) is 32.5. The molecule has 0 aromatic heterocycles. The van der Waals surface area contributed by atoms with Gasteiger partial charge in [-0.05, 0) is 90.1 Å². The van der Waals surface area contributed by atoms with Crippen LogP contribution in [-0.2, 0) is 14.3 Å². The molecule has 284 valence electrons. The SMILES string of the molecule is CCCC/C=C\CCC(CC/C=C\CCCC)OC(=O)CCCCCCCN(CCO)CCCCCOCCCCCCCCCCC. The number of rotatable bonds is 39. The van der Waals surface area contributed by atoms with E-state index in [0.29, 0.717) is 6.42 Å². The van der Waals surface area contributed by atoms with Crippen molar-refractivity contribution < 1.29 is 19.4 Å². The summed E-state index contributed by atoms with van der Waals surface area (Å²) in [5, 5.41) is 9.52. The third kappa shape index (κ3) is 36.1. The molecule has 48 heavy (non-hydrogen) atoms. The lowest BCUT2D eigenvalue weighted by Crippen LogP contribution is -2.29. The average Bonchev–Trinajstić information content (AvgIpc) is 3.08. The monoisotopic (exact) mass is 678 g/mol. The molecular formula is C43H83NO4. The van der Waals surface area contributed by atoms with Crippen molar-refractivity contribution in [3.63, 3.8) is 0 Å². The quantitative estimate of drug-likeness (QED) is 0.0399. The highest BCUT2D eigenvalue weighted by Gasteiger charge is 2.13. The molecule has 0 saturated heterocycles. The normalized spacial score (nSPS) is 12.0. The van der Waals surface area contributed by atoms with E-state index in [1.54, 1.807) is 0 Å². The van der Waals surface area contributed by atoms with Gasteiger partial charge in [0.25, 0.3) is 0 Å². The highest BCUT2D eigenvalue weighted by atomic mass is 16.5. The van der Waals surface area contributed by atoms with E-state index in [0.717, 1.165) is 103 Å². The Balaban J connectivity index is 3.94. The van der Waals surface area contributed by atoms with Gasteiger partial charge in [-0.1, -0.05) is 141 Å². The first-order valence-corrected chi connectivity index (χ1v) is 21.1. The minimum absolute atomic E-state index is 0.0204. The number of carbonyl (C=O) groups is 1. The first-order chi connectivity index (χ1) is 23.7. The average molecular weight is 678 g/mol. The van der Waals surface area contributed by atoms with Crippen molar-refractivity contribution in [3.05, 3.63) is 24.3 Å². The standard InChI is InChI=1S/C43H83NO4/c1-4-7-10-13-16-17-18-24-31-40-47-41-32-25-30-37-44(38-39-45)36-29-23-19-22-28-35-43(46)48-42(33-26-20-14-11-8-5-2)34-27-21-15-12-9-6-3/h14-15,20-21,42,45H,4-13,16-19,22-41H2,1-3H3/b20-14-,21-15-. The molecule has 0 spiro atoms. The Morgan fingerprint density at radius 3 is 1.50 bits per heavy atom. The Bertz CT molecular complexity index is 672. The molecule has 0 aromatic carbocycles. The van der Waals surface area contributed by atoms with Crippen LogP contribution in [0.2, 0.25) is 0 Å². The molecule has 5 heteroatoms. The fourth-order valence-electron chi connectivity index (χ4n) is 6.13. The van der Waals surface area contributed by atoms with E-state index in [-0.39, 0.29) is 18.7 Å². The summed E-state index contributed by atoms with van der Waals surface area (Å²) in [6, 6.07) is 0. The molecule has 0 radical (unpaired) electrons. The lowest BCUT2D eigenvalue weighted by Gasteiger charge is -2.21. The van der Waals surface area contributed by atoms with Crippen LogP contribution in [-0.4, -0.2) is 61.5 Å². The Morgan fingerprint density at radius 1 is 0.542 bits per heavy atom. The molecule has 1 N–H and O–H groups in total. The molecule has 0 fully saturated rings. The first kappa shape index (κ1) is 46.8. The van der Waals surface area contributed by atoms with E-state index in [4.69, 9.17) is 9.47 Å². The molecule has 0 unspecified atom stereocenters. The van der Waals surface area contributed by atoms with Crippen LogP contribution in [0.5, 0.6) is 0 Å². The number of allylic oxidation sites excluding steroid dienone is 4. The highest BCUT2D eigenvalue weighted by molar-refractivity contribution is 5.69. The number of ether oxygens (including phenoxy) is 2. The Hall–Kier alpha value is -1.17. The number of hydrogen-bond donors (Lipinski definition) is 1. The highest BCUT2D eigenvalue weighted by Crippen LogP contribution is 2.15. The maximum absolute atomic E-state index is 12.6. The van der Waals surface area contributed by atoms with Crippen LogP contribution in [0.15, 0.2) is 24.3 Å². The lowest BCUT2D eigenvalue weighted by molar-refractivity contribution is -0.149.